The molecule has 1 heterocycles. The molecule has 0 aliphatic heterocycles. The summed E-state index contributed by atoms with van der Waals surface area (Å²) in [6.45, 7) is 0. The van der Waals surface area contributed by atoms with Crippen LogP contribution in [0.4, 0.5) is 0 Å². The topological polar surface area (TPSA) is 12.9 Å². The summed E-state index contributed by atoms with van der Waals surface area (Å²) < 4.78 is 0. The molecule has 0 N–H and O–H groups in total. The highest BCUT2D eigenvalue weighted by atomic mass is 14.7. The second-order valence-corrected chi connectivity index (χ2v) is 17.2. The first-order valence-corrected chi connectivity index (χ1v) is 23.0. The van der Waals surface area contributed by atoms with Crippen molar-refractivity contribution in [1.29, 1.82) is 0 Å². The molecule has 0 saturated carbocycles. The van der Waals surface area contributed by atoms with E-state index in [4.69, 9.17) is 4.98 Å². The van der Waals surface area contributed by atoms with E-state index in [0.717, 1.165) is 35.0 Å². The van der Waals surface area contributed by atoms with Crippen molar-refractivity contribution in [1.82, 2.24) is 4.98 Å². The van der Waals surface area contributed by atoms with E-state index >= 15 is 0 Å². The quantitative estimate of drug-likeness (QED) is 0.139. The molecular formula is C65H45N. The average Bonchev–Trinajstić information content (AvgIpc) is 3.40. The fourth-order valence-corrected chi connectivity index (χ4v) is 10.3. The third-order valence-electron chi connectivity index (χ3n) is 13.3. The summed E-state index contributed by atoms with van der Waals surface area (Å²) in [5.74, 6) is 0. The van der Waals surface area contributed by atoms with Gasteiger partial charge in [0, 0.05) is 10.9 Å². The molecule has 0 amide bonds. The summed E-state index contributed by atoms with van der Waals surface area (Å²) in [4.78, 5) is 5.01. The smallest absolute Gasteiger partial charge is 0.0709 e. The molecule has 0 saturated heterocycles. The Morgan fingerprint density at radius 2 is 0.803 bits per heavy atom. The van der Waals surface area contributed by atoms with Gasteiger partial charge in [-0.05, 0) is 137 Å². The summed E-state index contributed by atoms with van der Waals surface area (Å²) in [5.41, 5.74) is 20.2. The first-order chi connectivity index (χ1) is 32.8. The predicted molar refractivity (Wildman–Crippen MR) is 281 cm³/mol. The first kappa shape index (κ1) is 39.2. The minimum atomic E-state index is 0.977. The zero-order chi connectivity index (χ0) is 43.8. The Balaban J connectivity index is 1.08. The lowest BCUT2D eigenvalue weighted by Crippen LogP contribution is -2.01. The molecule has 0 radical (unpaired) electrons. The Kier molecular flexibility index (Phi) is 10.1. The molecule has 10 aromatic carbocycles. The Hall–Kier alpha value is -8.39. The largest absolute Gasteiger partial charge is 0.248 e. The molecule has 0 unspecified atom stereocenters. The van der Waals surface area contributed by atoms with Crippen molar-refractivity contribution in [3.63, 3.8) is 0 Å². The lowest BCUT2D eigenvalue weighted by molar-refractivity contribution is 1.04. The van der Waals surface area contributed by atoms with Crippen molar-refractivity contribution < 1.29 is 0 Å². The summed E-state index contributed by atoms with van der Waals surface area (Å²) in [6.07, 6.45) is 9.18. The number of pyridine rings is 1. The number of fused-ring (bicyclic) bond motifs is 3. The van der Waals surface area contributed by atoms with Crippen LogP contribution in [0.15, 0.2) is 249 Å². The highest BCUT2D eigenvalue weighted by molar-refractivity contribution is 6.21. The van der Waals surface area contributed by atoms with E-state index in [0.29, 0.717) is 0 Å². The van der Waals surface area contributed by atoms with E-state index < -0.39 is 0 Å². The van der Waals surface area contributed by atoms with Gasteiger partial charge in [0.25, 0.3) is 0 Å². The Labute approximate surface area is 386 Å². The maximum absolute atomic E-state index is 5.01. The molecule has 1 aliphatic rings. The van der Waals surface area contributed by atoms with E-state index in [-0.39, 0.29) is 0 Å². The van der Waals surface area contributed by atoms with Gasteiger partial charge in [-0.3, -0.25) is 0 Å². The Bertz CT molecular complexity index is 3600. The van der Waals surface area contributed by atoms with Gasteiger partial charge in [0.15, 0.2) is 0 Å². The van der Waals surface area contributed by atoms with Crippen molar-refractivity contribution in [2.75, 3.05) is 0 Å². The van der Waals surface area contributed by atoms with Crippen LogP contribution >= 0.6 is 0 Å². The number of nitrogens with zero attached hydrogens (tertiary/aromatic N) is 1. The zero-order valence-corrected chi connectivity index (χ0v) is 36.5. The molecule has 0 bridgehead atoms. The second kappa shape index (κ2) is 17.0. The third kappa shape index (κ3) is 7.03. The lowest BCUT2D eigenvalue weighted by atomic mass is 9.77. The maximum Gasteiger partial charge on any atom is 0.0709 e. The minimum Gasteiger partial charge on any atom is -0.248 e. The van der Waals surface area contributed by atoms with Crippen molar-refractivity contribution in [3.05, 3.63) is 254 Å². The molecule has 66 heavy (non-hydrogen) atoms. The molecule has 11 aromatic rings. The van der Waals surface area contributed by atoms with Gasteiger partial charge in [0.2, 0.25) is 0 Å². The van der Waals surface area contributed by atoms with Gasteiger partial charge in [-0.15, -0.1) is 0 Å². The SMILES string of the molecule is C1=CC(c2c(-c3ccccc3)cc(-c3cccc(-c4c5ccccc5c(-c5ccc(-c6ccc7ccccc7n6)cc5)c5ccccc45)c3)c(-c3ccccc3)c2-c2ccccc2)=CCC1. The van der Waals surface area contributed by atoms with Crippen LogP contribution in [0.25, 0.3) is 116 Å². The summed E-state index contributed by atoms with van der Waals surface area (Å²) in [6, 6.07) is 84.2. The van der Waals surface area contributed by atoms with Crippen LogP contribution in [-0.4, -0.2) is 4.98 Å². The molecule has 1 aromatic heterocycles. The molecule has 1 aliphatic carbocycles. The first-order valence-electron chi connectivity index (χ1n) is 23.0. The fraction of sp³-hybridized carbons (Fsp3) is 0.0308. The normalized spacial score (nSPS) is 12.5. The van der Waals surface area contributed by atoms with E-state index in [2.05, 4.69) is 249 Å². The highest BCUT2D eigenvalue weighted by Crippen LogP contribution is 2.51. The van der Waals surface area contributed by atoms with E-state index in [1.54, 1.807) is 0 Å². The van der Waals surface area contributed by atoms with Gasteiger partial charge in [-0.25, -0.2) is 4.98 Å². The van der Waals surface area contributed by atoms with E-state index in [9.17, 15) is 0 Å². The molecular weight excluding hydrogens is 795 g/mol. The predicted octanol–water partition coefficient (Wildman–Crippen LogP) is 17.9. The van der Waals surface area contributed by atoms with Crippen LogP contribution in [-0.2, 0) is 0 Å². The standard InChI is InChI=1S/C65H45N/c1-5-20-44(21-6-1)57-43-58(64(48-25-9-3-10-26-48)65(49-27-11-4-12-28-49)63(57)47-23-7-2-8-24-47)51-29-19-30-52(42-51)62-55-33-16-14-31-53(55)61(54-32-15-17-34-56(54)62)50-38-36-46(37-39-50)60-41-40-45-22-13-18-35-59(45)66-60/h1,3-7,9-43H,2,8H2. The van der Waals surface area contributed by atoms with Crippen LogP contribution in [0, 0.1) is 0 Å². The summed E-state index contributed by atoms with van der Waals surface area (Å²) in [5, 5.41) is 6.07. The Morgan fingerprint density at radius 1 is 0.303 bits per heavy atom. The van der Waals surface area contributed by atoms with Gasteiger partial charge in [-0.1, -0.05) is 224 Å². The fourth-order valence-electron chi connectivity index (χ4n) is 10.3. The van der Waals surface area contributed by atoms with Gasteiger partial charge < -0.3 is 0 Å². The van der Waals surface area contributed by atoms with Crippen LogP contribution in [0.2, 0.25) is 0 Å². The Morgan fingerprint density at radius 3 is 1.44 bits per heavy atom. The van der Waals surface area contributed by atoms with Crippen molar-refractivity contribution in [3.8, 4) is 78.0 Å². The van der Waals surface area contributed by atoms with Crippen LogP contribution in [0.5, 0.6) is 0 Å². The summed E-state index contributed by atoms with van der Waals surface area (Å²) >= 11 is 0. The average molecular weight is 840 g/mol. The molecule has 12 rings (SSSR count). The molecule has 310 valence electrons. The van der Waals surface area contributed by atoms with Crippen LogP contribution in [0.3, 0.4) is 0 Å². The molecule has 0 atom stereocenters. The number of benzene rings is 10. The minimum absolute atomic E-state index is 0.977. The summed E-state index contributed by atoms with van der Waals surface area (Å²) in [7, 11) is 0. The lowest BCUT2D eigenvalue weighted by Gasteiger charge is -2.26. The van der Waals surface area contributed by atoms with E-state index in [1.165, 1.54) is 99.4 Å². The number of hydrogen-bond donors (Lipinski definition) is 0. The molecule has 1 heteroatoms. The molecule has 1 nitrogen and oxygen atoms in total. The van der Waals surface area contributed by atoms with Crippen molar-refractivity contribution in [2.45, 2.75) is 12.8 Å². The van der Waals surface area contributed by atoms with Gasteiger partial charge in [0.1, 0.15) is 0 Å². The van der Waals surface area contributed by atoms with Crippen molar-refractivity contribution in [2.24, 2.45) is 0 Å². The zero-order valence-electron chi connectivity index (χ0n) is 36.5. The monoisotopic (exact) mass is 839 g/mol. The van der Waals surface area contributed by atoms with Crippen LogP contribution in [0.1, 0.15) is 18.4 Å². The molecule has 0 fully saturated rings. The maximum atomic E-state index is 5.01. The van der Waals surface area contributed by atoms with Gasteiger partial charge in [0.05, 0.1) is 11.2 Å². The van der Waals surface area contributed by atoms with Gasteiger partial charge >= 0.3 is 0 Å². The number of allylic oxidation sites excluding steroid dienone is 4. The van der Waals surface area contributed by atoms with Crippen LogP contribution < -0.4 is 0 Å². The van der Waals surface area contributed by atoms with E-state index in [1.807, 2.05) is 0 Å². The van der Waals surface area contributed by atoms with Gasteiger partial charge in [-0.2, -0.15) is 0 Å². The highest BCUT2D eigenvalue weighted by Gasteiger charge is 2.25. The number of aromatic nitrogens is 1. The number of hydrogen-bond acceptors (Lipinski definition) is 1. The van der Waals surface area contributed by atoms with Crippen molar-refractivity contribution >= 4 is 38.0 Å². The second-order valence-electron chi connectivity index (χ2n) is 17.2. The molecule has 0 spiro atoms. The number of rotatable bonds is 8. The number of para-hydroxylation sites is 1. The third-order valence-corrected chi connectivity index (χ3v) is 13.3.